The van der Waals surface area contributed by atoms with E-state index in [0.29, 0.717) is 30.4 Å². The van der Waals surface area contributed by atoms with Crippen molar-refractivity contribution in [1.82, 2.24) is 30.8 Å². The van der Waals surface area contributed by atoms with E-state index in [1.54, 1.807) is 16.4 Å². The molecule has 4 aromatic carbocycles. The monoisotopic (exact) mass is 734 g/mol. The van der Waals surface area contributed by atoms with E-state index in [2.05, 4.69) is 51.3 Å². The summed E-state index contributed by atoms with van der Waals surface area (Å²) in [6, 6.07) is 34.0. The number of para-hydroxylation sites is 1. The van der Waals surface area contributed by atoms with Crippen LogP contribution in [0.25, 0.3) is 16.8 Å². The number of carbonyl (C=O) groups excluding carboxylic acids is 2. The summed E-state index contributed by atoms with van der Waals surface area (Å²) >= 11 is 1.54. The molecule has 11 nitrogen and oxygen atoms in total. The van der Waals surface area contributed by atoms with Crippen LogP contribution in [-0.2, 0) is 32.2 Å². The van der Waals surface area contributed by atoms with Crippen LogP contribution in [-0.4, -0.2) is 55.5 Å². The summed E-state index contributed by atoms with van der Waals surface area (Å²) in [6.07, 6.45) is 1.91. The van der Waals surface area contributed by atoms with Crippen molar-refractivity contribution in [1.29, 1.82) is 0 Å². The Morgan fingerprint density at radius 3 is 2.34 bits per heavy atom. The van der Waals surface area contributed by atoms with Crippen molar-refractivity contribution in [2.45, 2.75) is 76.3 Å². The second-order valence-corrected chi connectivity index (χ2v) is 14.2. The van der Waals surface area contributed by atoms with E-state index in [9.17, 15) is 14.7 Å². The number of thioether (sulfide) groups is 1. The molecule has 4 unspecified atom stereocenters. The minimum absolute atomic E-state index is 0.00452. The van der Waals surface area contributed by atoms with E-state index in [1.807, 2.05) is 84.9 Å². The summed E-state index contributed by atoms with van der Waals surface area (Å²) in [5.74, 6) is 0.592. The van der Waals surface area contributed by atoms with Crippen LogP contribution in [0.3, 0.4) is 0 Å². The van der Waals surface area contributed by atoms with Crippen molar-refractivity contribution in [3.8, 4) is 16.8 Å². The molecule has 2 heterocycles. The summed E-state index contributed by atoms with van der Waals surface area (Å²) in [5, 5.41) is 28.6. The zero-order valence-corrected chi connectivity index (χ0v) is 30.9. The summed E-state index contributed by atoms with van der Waals surface area (Å²) in [4.78, 5) is 23.6. The maximum atomic E-state index is 12.6. The quantitative estimate of drug-likeness (QED) is 0.0745. The Morgan fingerprint density at radius 2 is 1.58 bits per heavy atom. The molecule has 1 aliphatic rings. The first kappa shape index (κ1) is 37.9. The molecule has 5 aromatic rings. The molecule has 6 rings (SSSR count). The van der Waals surface area contributed by atoms with E-state index in [-0.39, 0.29) is 36.5 Å². The normalized spacial score (nSPS) is 18.4. The SMILES string of the molecule is CC(=O)NCCCCCC(=O)NCc1ccccc1-c1ccc(C2OC(CSc3nnnn3-c3ccccc3)C(C)C(c3ccc(CO)cc3)O2)cc1. The number of amides is 2. The number of rotatable bonds is 16. The first-order valence-corrected chi connectivity index (χ1v) is 19.0. The van der Waals surface area contributed by atoms with Crippen molar-refractivity contribution in [2.24, 2.45) is 5.92 Å². The Morgan fingerprint density at radius 1 is 0.849 bits per heavy atom. The smallest absolute Gasteiger partial charge is 0.220 e. The van der Waals surface area contributed by atoms with Gasteiger partial charge in [-0.15, -0.1) is 5.10 Å². The molecule has 1 fully saturated rings. The number of nitrogens with one attached hydrogen (secondary N) is 2. The summed E-state index contributed by atoms with van der Waals surface area (Å²) in [5.41, 5.74) is 6.74. The fraction of sp³-hybridized carbons (Fsp3) is 0.341. The van der Waals surface area contributed by atoms with Gasteiger partial charge in [0.05, 0.1) is 24.5 Å². The molecule has 1 saturated heterocycles. The Balaban J connectivity index is 1.14. The summed E-state index contributed by atoms with van der Waals surface area (Å²) in [6.45, 7) is 4.69. The third kappa shape index (κ3) is 10.2. The Kier molecular flexibility index (Phi) is 13.4. The van der Waals surface area contributed by atoms with Gasteiger partial charge in [-0.05, 0) is 63.2 Å². The third-order valence-electron chi connectivity index (χ3n) is 9.38. The topological polar surface area (TPSA) is 140 Å². The molecule has 2 amide bonds. The zero-order valence-electron chi connectivity index (χ0n) is 30.1. The largest absolute Gasteiger partial charge is 0.392 e. The number of carbonyl (C=O) groups is 2. The highest BCUT2D eigenvalue weighted by Gasteiger charge is 2.38. The fourth-order valence-electron chi connectivity index (χ4n) is 6.38. The van der Waals surface area contributed by atoms with Crippen LogP contribution in [0.15, 0.2) is 108 Å². The van der Waals surface area contributed by atoms with Crippen molar-refractivity contribution in [3.63, 3.8) is 0 Å². The molecular weight excluding hydrogens is 689 g/mol. The highest BCUT2D eigenvalue weighted by Crippen LogP contribution is 2.43. The van der Waals surface area contributed by atoms with E-state index in [4.69, 9.17) is 9.47 Å². The van der Waals surface area contributed by atoms with Gasteiger partial charge in [-0.3, -0.25) is 9.59 Å². The third-order valence-corrected chi connectivity index (χ3v) is 10.4. The van der Waals surface area contributed by atoms with Crippen LogP contribution >= 0.6 is 11.8 Å². The molecule has 4 atom stereocenters. The number of tetrazole rings is 1. The predicted octanol–water partition coefficient (Wildman–Crippen LogP) is 6.72. The molecule has 1 aromatic heterocycles. The number of aliphatic hydroxyl groups is 1. The molecule has 276 valence electrons. The van der Waals surface area contributed by atoms with Gasteiger partial charge in [-0.25, -0.2) is 0 Å². The molecule has 3 N–H and O–H groups in total. The molecule has 53 heavy (non-hydrogen) atoms. The minimum atomic E-state index is -0.619. The second kappa shape index (κ2) is 18.7. The maximum absolute atomic E-state index is 12.6. The van der Waals surface area contributed by atoms with Crippen LogP contribution in [0.2, 0.25) is 0 Å². The van der Waals surface area contributed by atoms with Gasteiger partial charge in [-0.1, -0.05) is 116 Å². The van der Waals surface area contributed by atoms with Crippen LogP contribution in [0.5, 0.6) is 0 Å². The number of ether oxygens (including phenoxy) is 2. The number of aliphatic hydroxyl groups excluding tert-OH is 1. The van der Waals surface area contributed by atoms with Gasteiger partial charge in [0, 0.05) is 43.7 Å². The van der Waals surface area contributed by atoms with Crippen molar-refractivity contribution in [3.05, 3.63) is 125 Å². The fourth-order valence-corrected chi connectivity index (χ4v) is 7.43. The lowest BCUT2D eigenvalue weighted by molar-refractivity contribution is -0.268. The Bertz CT molecular complexity index is 1920. The number of nitrogens with zero attached hydrogens (tertiary/aromatic N) is 4. The number of hydrogen-bond acceptors (Lipinski definition) is 9. The lowest BCUT2D eigenvalue weighted by atomic mass is 9.91. The average Bonchev–Trinajstić information content (AvgIpc) is 3.67. The lowest BCUT2D eigenvalue weighted by Gasteiger charge is -2.41. The lowest BCUT2D eigenvalue weighted by Crippen LogP contribution is -2.38. The van der Waals surface area contributed by atoms with Gasteiger partial charge in [0.25, 0.3) is 0 Å². The van der Waals surface area contributed by atoms with E-state index < -0.39 is 6.29 Å². The standard InChI is InChI=1S/C41H46N6O5S/c1-28-37(27-53-41-44-45-46-47(41)35-12-5-3-6-13-35)51-40(52-39(28)32-18-16-30(26-48)17-19-32)33-22-20-31(21-23-33)36-14-9-8-11-34(36)25-43-38(50)15-7-4-10-24-42-29(2)49/h3,5-6,8-9,11-14,16-23,28,37,39-40,48H,4,7,10,15,24-27H2,1-2H3,(H,42,49)(H,43,50). The highest BCUT2D eigenvalue weighted by atomic mass is 32.2. The van der Waals surface area contributed by atoms with Crippen molar-refractivity contribution < 1.29 is 24.2 Å². The van der Waals surface area contributed by atoms with Gasteiger partial charge in [-0.2, -0.15) is 4.68 Å². The molecule has 1 aliphatic heterocycles. The van der Waals surface area contributed by atoms with Gasteiger partial charge in [0.15, 0.2) is 6.29 Å². The predicted molar refractivity (Wildman–Crippen MR) is 204 cm³/mol. The van der Waals surface area contributed by atoms with E-state index >= 15 is 0 Å². The number of aromatic nitrogens is 4. The summed E-state index contributed by atoms with van der Waals surface area (Å²) < 4.78 is 15.1. The van der Waals surface area contributed by atoms with Crippen LogP contribution < -0.4 is 10.6 Å². The maximum Gasteiger partial charge on any atom is 0.220 e. The highest BCUT2D eigenvalue weighted by molar-refractivity contribution is 7.99. The second-order valence-electron chi connectivity index (χ2n) is 13.2. The van der Waals surface area contributed by atoms with Crippen LogP contribution in [0.4, 0.5) is 0 Å². The van der Waals surface area contributed by atoms with Gasteiger partial charge in [0.1, 0.15) is 0 Å². The first-order valence-electron chi connectivity index (χ1n) is 18.1. The molecule has 0 saturated carbocycles. The molecule has 0 radical (unpaired) electrons. The molecular formula is C41H46N6O5S. The zero-order chi connectivity index (χ0) is 37.0. The van der Waals surface area contributed by atoms with E-state index in [1.165, 1.54) is 6.92 Å². The first-order chi connectivity index (χ1) is 25.9. The van der Waals surface area contributed by atoms with Gasteiger partial charge < -0.3 is 25.2 Å². The average molecular weight is 735 g/mol. The van der Waals surface area contributed by atoms with Gasteiger partial charge >= 0.3 is 0 Å². The minimum Gasteiger partial charge on any atom is -0.392 e. The molecule has 0 spiro atoms. The Labute approximate surface area is 314 Å². The Hall–Kier alpha value is -4.88. The summed E-state index contributed by atoms with van der Waals surface area (Å²) in [7, 11) is 0. The molecule has 0 aliphatic carbocycles. The number of hydrogen-bond donors (Lipinski definition) is 3. The van der Waals surface area contributed by atoms with Crippen LogP contribution in [0, 0.1) is 5.92 Å². The van der Waals surface area contributed by atoms with Crippen molar-refractivity contribution >= 4 is 23.6 Å². The number of benzene rings is 4. The van der Waals surface area contributed by atoms with Crippen LogP contribution in [0.1, 0.15) is 74.2 Å². The van der Waals surface area contributed by atoms with E-state index in [0.717, 1.165) is 58.3 Å². The molecule has 12 heteroatoms. The molecule has 0 bridgehead atoms. The number of unbranched alkanes of at least 4 members (excludes halogenated alkanes) is 2. The van der Waals surface area contributed by atoms with Gasteiger partial charge in [0.2, 0.25) is 17.0 Å². The van der Waals surface area contributed by atoms with Crippen molar-refractivity contribution in [2.75, 3.05) is 12.3 Å².